The van der Waals surface area contributed by atoms with Crippen LogP contribution in [-0.4, -0.2) is 49.8 Å². The minimum absolute atomic E-state index is 0. The highest BCUT2D eigenvalue weighted by atomic mass is 127. The van der Waals surface area contributed by atoms with Crippen LogP contribution in [0.3, 0.4) is 0 Å². The number of rotatable bonds is 10. The molecule has 0 saturated carbocycles. The van der Waals surface area contributed by atoms with Crippen molar-refractivity contribution in [3.63, 3.8) is 0 Å². The summed E-state index contributed by atoms with van der Waals surface area (Å²) in [6, 6.07) is 17.4. The third kappa shape index (κ3) is 7.77. The van der Waals surface area contributed by atoms with Crippen LogP contribution in [0.15, 0.2) is 59.6 Å². The van der Waals surface area contributed by atoms with Gasteiger partial charge in [0.2, 0.25) is 0 Å². The minimum Gasteiger partial charge on any atom is -0.356 e. The van der Waals surface area contributed by atoms with E-state index in [2.05, 4.69) is 31.2 Å². The zero-order chi connectivity index (χ0) is 22.1. The van der Waals surface area contributed by atoms with Gasteiger partial charge in [0, 0.05) is 26.7 Å². The van der Waals surface area contributed by atoms with Crippen LogP contribution in [0.5, 0.6) is 0 Å². The van der Waals surface area contributed by atoms with Crippen LogP contribution >= 0.6 is 24.0 Å². The molecule has 0 aliphatic carbocycles. The summed E-state index contributed by atoms with van der Waals surface area (Å²) < 4.78 is 26.8. The number of hydrogen-bond acceptors (Lipinski definition) is 4. The number of aryl methyl sites for hydroxylation is 2. The molecule has 7 nitrogen and oxygen atoms in total. The lowest BCUT2D eigenvalue weighted by molar-refractivity contribution is 0.591. The van der Waals surface area contributed by atoms with Crippen molar-refractivity contribution >= 4 is 50.8 Å². The molecule has 2 aromatic carbocycles. The standard InChI is InChI=1S/C23H31N5O2S.HI/c1-19-27-21-12-6-7-13-22(21)28(19)16-8-14-25-23(24-2)26-15-9-17-31(29,30)18-20-10-4-3-5-11-20;/h3-7,10-13H,8-9,14-18H2,1-2H3,(H2,24,25,26);1H. The van der Waals surface area contributed by atoms with E-state index in [1.807, 2.05) is 55.5 Å². The first-order valence-corrected chi connectivity index (χ1v) is 12.4. The first-order valence-electron chi connectivity index (χ1n) is 10.6. The SMILES string of the molecule is CN=C(NCCCn1c(C)nc2ccccc21)NCCCS(=O)(=O)Cc1ccccc1.I. The summed E-state index contributed by atoms with van der Waals surface area (Å²) in [5.41, 5.74) is 3.00. The van der Waals surface area contributed by atoms with Gasteiger partial charge in [-0.15, -0.1) is 24.0 Å². The first kappa shape index (κ1) is 26.1. The number of aliphatic imine (C=N–C) groups is 1. The fourth-order valence-corrected chi connectivity index (χ4v) is 4.97. The molecule has 0 spiro atoms. The zero-order valence-corrected chi connectivity index (χ0v) is 21.8. The highest BCUT2D eigenvalue weighted by Crippen LogP contribution is 2.15. The number of aromatic nitrogens is 2. The molecule has 0 bridgehead atoms. The topological polar surface area (TPSA) is 88.4 Å². The third-order valence-electron chi connectivity index (χ3n) is 5.07. The van der Waals surface area contributed by atoms with E-state index in [9.17, 15) is 8.42 Å². The molecule has 1 aromatic heterocycles. The Morgan fingerprint density at radius 1 is 1.00 bits per heavy atom. The fourth-order valence-electron chi connectivity index (χ4n) is 3.54. The summed E-state index contributed by atoms with van der Waals surface area (Å²) in [6.07, 6.45) is 1.46. The molecule has 0 saturated heterocycles. The Kier molecular flexibility index (Phi) is 10.4. The van der Waals surface area contributed by atoms with Gasteiger partial charge in [0.15, 0.2) is 15.8 Å². The van der Waals surface area contributed by atoms with E-state index in [1.165, 1.54) is 0 Å². The molecular formula is C23H32IN5O2S. The van der Waals surface area contributed by atoms with Crippen molar-refractivity contribution in [2.45, 2.75) is 32.1 Å². The summed E-state index contributed by atoms with van der Waals surface area (Å²) in [5.74, 6) is 1.94. The Morgan fingerprint density at radius 3 is 2.38 bits per heavy atom. The number of fused-ring (bicyclic) bond motifs is 1. The summed E-state index contributed by atoms with van der Waals surface area (Å²) in [4.78, 5) is 8.81. The van der Waals surface area contributed by atoms with E-state index in [0.717, 1.165) is 41.9 Å². The van der Waals surface area contributed by atoms with Gasteiger partial charge in [-0.2, -0.15) is 0 Å². The number of nitrogens with zero attached hydrogens (tertiary/aromatic N) is 3. The molecule has 9 heteroatoms. The second-order valence-electron chi connectivity index (χ2n) is 7.51. The lowest BCUT2D eigenvalue weighted by Gasteiger charge is -2.13. The summed E-state index contributed by atoms with van der Waals surface area (Å²) in [7, 11) is -1.40. The molecule has 0 radical (unpaired) electrons. The molecule has 32 heavy (non-hydrogen) atoms. The highest BCUT2D eigenvalue weighted by molar-refractivity contribution is 14.0. The maximum Gasteiger partial charge on any atom is 0.190 e. The van der Waals surface area contributed by atoms with Crippen molar-refractivity contribution in [1.82, 2.24) is 20.2 Å². The quantitative estimate of drug-likeness (QED) is 0.169. The van der Waals surface area contributed by atoms with Crippen molar-refractivity contribution in [3.05, 3.63) is 66.0 Å². The van der Waals surface area contributed by atoms with Gasteiger partial charge in [0.1, 0.15) is 5.82 Å². The molecule has 3 aromatic rings. The molecule has 0 atom stereocenters. The number of imidazole rings is 1. The van der Waals surface area contributed by atoms with E-state index in [0.29, 0.717) is 18.9 Å². The van der Waals surface area contributed by atoms with E-state index in [-0.39, 0.29) is 35.5 Å². The molecule has 0 amide bonds. The summed E-state index contributed by atoms with van der Waals surface area (Å²) in [6.45, 7) is 4.21. The number of para-hydroxylation sites is 2. The van der Waals surface area contributed by atoms with E-state index in [1.54, 1.807) is 7.05 Å². The van der Waals surface area contributed by atoms with Gasteiger partial charge in [-0.25, -0.2) is 13.4 Å². The van der Waals surface area contributed by atoms with Crippen molar-refractivity contribution in [1.29, 1.82) is 0 Å². The Balaban J connectivity index is 0.00000363. The van der Waals surface area contributed by atoms with Gasteiger partial charge < -0.3 is 15.2 Å². The van der Waals surface area contributed by atoms with E-state index in [4.69, 9.17) is 0 Å². The van der Waals surface area contributed by atoms with Crippen molar-refractivity contribution in [3.8, 4) is 0 Å². The van der Waals surface area contributed by atoms with Crippen LogP contribution in [0.2, 0.25) is 0 Å². The van der Waals surface area contributed by atoms with Gasteiger partial charge in [0.25, 0.3) is 0 Å². The van der Waals surface area contributed by atoms with Crippen LogP contribution in [0, 0.1) is 6.92 Å². The largest absolute Gasteiger partial charge is 0.356 e. The number of hydrogen-bond donors (Lipinski definition) is 2. The molecule has 0 aliphatic heterocycles. The molecule has 3 rings (SSSR count). The number of benzene rings is 2. The van der Waals surface area contributed by atoms with Gasteiger partial charge in [0.05, 0.1) is 22.5 Å². The van der Waals surface area contributed by atoms with Crippen LogP contribution in [0.25, 0.3) is 11.0 Å². The summed E-state index contributed by atoms with van der Waals surface area (Å²) in [5, 5.41) is 6.49. The van der Waals surface area contributed by atoms with Gasteiger partial charge in [-0.1, -0.05) is 42.5 Å². The number of guanidine groups is 1. The Bertz CT molecular complexity index is 1110. The van der Waals surface area contributed by atoms with Gasteiger partial charge >= 0.3 is 0 Å². The molecule has 0 unspecified atom stereocenters. The Morgan fingerprint density at radius 2 is 1.66 bits per heavy atom. The Labute approximate surface area is 207 Å². The van der Waals surface area contributed by atoms with Gasteiger partial charge in [-0.3, -0.25) is 4.99 Å². The lowest BCUT2D eigenvalue weighted by atomic mass is 10.2. The summed E-state index contributed by atoms with van der Waals surface area (Å²) >= 11 is 0. The maximum atomic E-state index is 12.3. The molecule has 0 aliphatic rings. The number of sulfone groups is 1. The maximum absolute atomic E-state index is 12.3. The van der Waals surface area contributed by atoms with Crippen LogP contribution in [-0.2, 0) is 22.1 Å². The molecule has 1 heterocycles. The molecule has 174 valence electrons. The van der Waals surface area contributed by atoms with Crippen molar-refractivity contribution in [2.75, 3.05) is 25.9 Å². The molecule has 2 N–H and O–H groups in total. The predicted molar refractivity (Wildman–Crippen MR) is 142 cm³/mol. The first-order chi connectivity index (χ1) is 15.0. The van der Waals surface area contributed by atoms with Crippen LogP contribution in [0.1, 0.15) is 24.2 Å². The number of nitrogens with one attached hydrogen (secondary N) is 2. The van der Waals surface area contributed by atoms with Gasteiger partial charge in [-0.05, 0) is 37.5 Å². The van der Waals surface area contributed by atoms with Crippen LogP contribution < -0.4 is 10.6 Å². The zero-order valence-electron chi connectivity index (χ0n) is 18.6. The predicted octanol–water partition coefficient (Wildman–Crippen LogP) is 3.52. The minimum atomic E-state index is -3.12. The monoisotopic (exact) mass is 569 g/mol. The second kappa shape index (κ2) is 12.8. The van der Waals surface area contributed by atoms with Crippen molar-refractivity contribution in [2.24, 2.45) is 4.99 Å². The lowest BCUT2D eigenvalue weighted by Crippen LogP contribution is -2.38. The second-order valence-corrected chi connectivity index (χ2v) is 9.69. The molecular weight excluding hydrogens is 537 g/mol. The highest BCUT2D eigenvalue weighted by Gasteiger charge is 2.11. The van der Waals surface area contributed by atoms with Crippen molar-refractivity contribution < 1.29 is 8.42 Å². The van der Waals surface area contributed by atoms with E-state index >= 15 is 0 Å². The third-order valence-corrected chi connectivity index (χ3v) is 6.76. The average Bonchev–Trinajstić information content (AvgIpc) is 3.08. The normalized spacial score (nSPS) is 11.9. The molecule has 0 fully saturated rings. The smallest absolute Gasteiger partial charge is 0.190 e. The fraction of sp³-hybridized carbons (Fsp3) is 0.391. The number of halogens is 1. The average molecular weight is 570 g/mol. The van der Waals surface area contributed by atoms with Crippen LogP contribution in [0.4, 0.5) is 0 Å². The van der Waals surface area contributed by atoms with E-state index < -0.39 is 9.84 Å². The Hall–Kier alpha value is -2.14.